The topological polar surface area (TPSA) is 75.9 Å². The average Bonchev–Trinajstić information content (AvgIpc) is 3.20. The van der Waals surface area contributed by atoms with Crippen LogP contribution in [0.15, 0.2) is 31.0 Å². The lowest BCUT2D eigenvalue weighted by atomic mass is 10.2. The van der Waals surface area contributed by atoms with Crippen molar-refractivity contribution >= 4 is 11.7 Å². The summed E-state index contributed by atoms with van der Waals surface area (Å²) in [5.41, 5.74) is 0.634. The zero-order valence-electron chi connectivity index (χ0n) is 12.6. The normalized spacial score (nSPS) is 15.8. The highest BCUT2D eigenvalue weighted by molar-refractivity contribution is 5.99. The summed E-state index contributed by atoms with van der Waals surface area (Å²) in [5, 5.41) is 7.05. The molecule has 1 fully saturated rings. The van der Waals surface area contributed by atoms with Gasteiger partial charge in [-0.3, -0.25) is 9.48 Å². The smallest absolute Gasteiger partial charge is 0.255 e. The number of pyridine rings is 1. The first-order chi connectivity index (χ1) is 10.7. The van der Waals surface area contributed by atoms with Crippen molar-refractivity contribution in [1.29, 1.82) is 0 Å². The molecule has 0 radical (unpaired) electrons. The van der Waals surface area contributed by atoms with Crippen molar-refractivity contribution in [1.82, 2.24) is 25.1 Å². The maximum Gasteiger partial charge on any atom is 0.255 e. The van der Waals surface area contributed by atoms with Gasteiger partial charge in [-0.1, -0.05) is 0 Å². The molecule has 1 unspecified atom stereocenters. The van der Waals surface area contributed by atoms with Crippen LogP contribution in [0.25, 0.3) is 0 Å². The van der Waals surface area contributed by atoms with Crippen LogP contribution in [0.3, 0.4) is 0 Å². The van der Waals surface area contributed by atoms with Crippen LogP contribution >= 0.6 is 0 Å². The Morgan fingerprint density at radius 2 is 2.23 bits per heavy atom. The van der Waals surface area contributed by atoms with Gasteiger partial charge in [0.05, 0.1) is 12.1 Å². The molecule has 1 amide bonds. The Morgan fingerprint density at radius 1 is 1.41 bits per heavy atom. The van der Waals surface area contributed by atoms with Gasteiger partial charge in [0.1, 0.15) is 18.5 Å². The lowest BCUT2D eigenvalue weighted by Gasteiger charge is -2.20. The Labute approximate surface area is 129 Å². The van der Waals surface area contributed by atoms with E-state index >= 15 is 0 Å². The minimum absolute atomic E-state index is 0.0409. The molecule has 1 N–H and O–H groups in total. The minimum atomic E-state index is -0.0948. The van der Waals surface area contributed by atoms with Crippen LogP contribution in [0.2, 0.25) is 0 Å². The number of rotatable bonds is 5. The number of nitrogens with one attached hydrogen (secondary N) is 1. The summed E-state index contributed by atoms with van der Waals surface area (Å²) in [4.78, 5) is 23.0. The molecule has 3 heterocycles. The molecule has 0 aromatic carbocycles. The Bertz CT molecular complexity index is 621. The Balaban J connectivity index is 1.69. The third-order valence-electron chi connectivity index (χ3n) is 3.74. The molecule has 0 bridgehead atoms. The number of amides is 1. The van der Waals surface area contributed by atoms with Gasteiger partial charge in [-0.15, -0.1) is 0 Å². The minimum Gasteiger partial charge on any atom is -0.356 e. The number of carbonyl (C=O) groups excluding carboxylic acids is 1. The highest BCUT2D eigenvalue weighted by atomic mass is 16.1. The summed E-state index contributed by atoms with van der Waals surface area (Å²) in [5.74, 6) is 0.688. The van der Waals surface area contributed by atoms with Gasteiger partial charge in [0.25, 0.3) is 5.91 Å². The Hall–Kier alpha value is -2.44. The molecule has 0 spiro atoms. The molecule has 22 heavy (non-hydrogen) atoms. The van der Waals surface area contributed by atoms with Gasteiger partial charge >= 0.3 is 0 Å². The van der Waals surface area contributed by atoms with Gasteiger partial charge in [0, 0.05) is 25.3 Å². The quantitative estimate of drug-likeness (QED) is 0.894. The maximum atomic E-state index is 12.5. The van der Waals surface area contributed by atoms with E-state index in [1.54, 1.807) is 23.3 Å². The third-order valence-corrected chi connectivity index (χ3v) is 3.74. The van der Waals surface area contributed by atoms with Crippen LogP contribution in [-0.4, -0.2) is 44.8 Å². The molecule has 7 heteroatoms. The molecule has 1 atom stereocenters. The second kappa shape index (κ2) is 6.55. The standard InChI is InChI=1S/C15H20N6O/c1-12(9-21-11-16-10-18-21)19-15(22)13-5-4-6-17-14(13)20-7-2-3-8-20/h4-6,10-12H,2-3,7-9H2,1H3,(H,19,22). The van der Waals surface area contributed by atoms with Crippen molar-refractivity contribution in [2.45, 2.75) is 32.4 Å². The monoisotopic (exact) mass is 300 g/mol. The van der Waals surface area contributed by atoms with Crippen molar-refractivity contribution in [3.63, 3.8) is 0 Å². The SMILES string of the molecule is CC(Cn1cncn1)NC(=O)c1cccnc1N1CCCC1. The number of anilines is 1. The largest absolute Gasteiger partial charge is 0.356 e. The molecule has 1 aliphatic heterocycles. The van der Waals surface area contributed by atoms with Crippen molar-refractivity contribution in [3.8, 4) is 0 Å². The molecule has 1 aliphatic rings. The third kappa shape index (κ3) is 3.24. The second-order valence-electron chi connectivity index (χ2n) is 5.56. The first-order valence-electron chi connectivity index (χ1n) is 7.57. The van der Waals surface area contributed by atoms with E-state index in [9.17, 15) is 4.79 Å². The van der Waals surface area contributed by atoms with E-state index < -0.39 is 0 Å². The lowest BCUT2D eigenvalue weighted by molar-refractivity contribution is 0.0936. The number of nitrogens with zero attached hydrogens (tertiary/aromatic N) is 5. The number of carbonyl (C=O) groups is 1. The van der Waals surface area contributed by atoms with Gasteiger partial charge in [-0.2, -0.15) is 5.10 Å². The van der Waals surface area contributed by atoms with E-state index in [-0.39, 0.29) is 11.9 Å². The molecular weight excluding hydrogens is 280 g/mol. The van der Waals surface area contributed by atoms with Crippen molar-refractivity contribution < 1.29 is 4.79 Å². The second-order valence-corrected chi connectivity index (χ2v) is 5.56. The first-order valence-corrected chi connectivity index (χ1v) is 7.57. The van der Waals surface area contributed by atoms with Gasteiger partial charge in [0.2, 0.25) is 0 Å². The molecule has 0 aliphatic carbocycles. The van der Waals surface area contributed by atoms with Crippen molar-refractivity contribution in [2.75, 3.05) is 18.0 Å². The molecule has 2 aromatic heterocycles. The molecule has 0 saturated carbocycles. The number of hydrogen-bond acceptors (Lipinski definition) is 5. The summed E-state index contributed by atoms with van der Waals surface area (Å²) in [6.07, 6.45) is 7.17. The molecule has 2 aromatic rings. The van der Waals surface area contributed by atoms with Crippen LogP contribution in [0.1, 0.15) is 30.1 Å². The molecule has 1 saturated heterocycles. The zero-order chi connectivity index (χ0) is 15.4. The van der Waals surface area contributed by atoms with E-state index in [0.717, 1.165) is 31.7 Å². The lowest BCUT2D eigenvalue weighted by Crippen LogP contribution is -2.37. The molecular formula is C15H20N6O. The van der Waals surface area contributed by atoms with Crippen LogP contribution in [0, 0.1) is 0 Å². The highest BCUT2D eigenvalue weighted by Crippen LogP contribution is 2.21. The summed E-state index contributed by atoms with van der Waals surface area (Å²) in [6.45, 7) is 4.47. The Morgan fingerprint density at radius 3 is 2.95 bits per heavy atom. The van der Waals surface area contributed by atoms with E-state index in [1.807, 2.05) is 13.0 Å². The fraction of sp³-hybridized carbons (Fsp3) is 0.467. The number of hydrogen-bond donors (Lipinski definition) is 1. The van der Waals surface area contributed by atoms with E-state index in [1.165, 1.54) is 6.33 Å². The average molecular weight is 300 g/mol. The first kappa shape index (κ1) is 14.5. The van der Waals surface area contributed by atoms with Gasteiger partial charge in [-0.25, -0.2) is 9.97 Å². The van der Waals surface area contributed by atoms with E-state index in [4.69, 9.17) is 0 Å². The van der Waals surface area contributed by atoms with Gasteiger partial charge < -0.3 is 10.2 Å². The summed E-state index contributed by atoms with van der Waals surface area (Å²) < 4.78 is 1.70. The van der Waals surface area contributed by atoms with E-state index in [0.29, 0.717) is 12.1 Å². The molecule has 3 rings (SSSR count). The van der Waals surface area contributed by atoms with Crippen LogP contribution in [0.5, 0.6) is 0 Å². The summed E-state index contributed by atoms with van der Waals surface area (Å²) in [7, 11) is 0. The summed E-state index contributed by atoms with van der Waals surface area (Å²) >= 11 is 0. The van der Waals surface area contributed by atoms with Crippen LogP contribution in [-0.2, 0) is 6.54 Å². The van der Waals surface area contributed by atoms with Crippen LogP contribution < -0.4 is 10.2 Å². The molecule has 116 valence electrons. The van der Waals surface area contributed by atoms with Gasteiger partial charge in [0.15, 0.2) is 0 Å². The summed E-state index contributed by atoms with van der Waals surface area (Å²) in [6, 6.07) is 3.59. The Kier molecular flexibility index (Phi) is 4.32. The maximum absolute atomic E-state index is 12.5. The predicted octanol–water partition coefficient (Wildman–Crippen LogP) is 1.09. The van der Waals surface area contributed by atoms with E-state index in [2.05, 4.69) is 25.3 Å². The zero-order valence-corrected chi connectivity index (χ0v) is 12.6. The van der Waals surface area contributed by atoms with Crippen molar-refractivity contribution in [3.05, 3.63) is 36.5 Å². The fourth-order valence-corrected chi connectivity index (χ4v) is 2.71. The number of aromatic nitrogens is 4. The fourth-order valence-electron chi connectivity index (χ4n) is 2.71. The van der Waals surface area contributed by atoms with Gasteiger partial charge in [-0.05, 0) is 31.9 Å². The molecule has 7 nitrogen and oxygen atoms in total. The van der Waals surface area contributed by atoms with Crippen LogP contribution in [0.4, 0.5) is 5.82 Å². The predicted molar refractivity (Wildman–Crippen MR) is 82.6 cm³/mol. The van der Waals surface area contributed by atoms with Crippen molar-refractivity contribution in [2.24, 2.45) is 0 Å². The highest BCUT2D eigenvalue weighted by Gasteiger charge is 2.21.